The van der Waals surface area contributed by atoms with Crippen LogP contribution in [0.15, 0.2) is 6.33 Å². The van der Waals surface area contributed by atoms with E-state index in [1.165, 1.54) is 25.7 Å². The van der Waals surface area contributed by atoms with Gasteiger partial charge in [-0.05, 0) is 37.0 Å². The summed E-state index contributed by atoms with van der Waals surface area (Å²) < 4.78 is 1.98. The molecule has 1 heterocycles. The Kier molecular flexibility index (Phi) is 2.24. The second-order valence-corrected chi connectivity index (χ2v) is 5.02. The molecular weight excluding hydrogens is 188 g/mol. The van der Waals surface area contributed by atoms with E-state index >= 15 is 0 Å². The number of aromatic nitrogens is 3. The Balaban J connectivity index is 1.65. The molecule has 2 saturated carbocycles. The molecule has 2 aliphatic rings. The number of hydrogen-bond acceptors (Lipinski definition) is 3. The molecule has 4 heteroatoms. The molecule has 2 N–H and O–H groups in total. The van der Waals surface area contributed by atoms with Crippen LogP contribution >= 0.6 is 0 Å². The highest BCUT2D eigenvalue weighted by atomic mass is 15.3. The average molecular weight is 206 g/mol. The molecule has 1 aromatic heterocycles. The fraction of sp³-hybridized carbons (Fsp3) is 0.818. The molecule has 0 aliphatic heterocycles. The van der Waals surface area contributed by atoms with Crippen molar-refractivity contribution < 1.29 is 0 Å². The first kappa shape index (κ1) is 9.33. The van der Waals surface area contributed by atoms with Crippen LogP contribution in [0.4, 0.5) is 0 Å². The third kappa shape index (κ3) is 1.67. The smallest absolute Gasteiger partial charge is 0.164 e. The first-order valence-electron chi connectivity index (χ1n) is 5.93. The van der Waals surface area contributed by atoms with Gasteiger partial charge >= 0.3 is 0 Å². The normalized spacial score (nSPS) is 33.8. The Morgan fingerprint density at radius 3 is 2.93 bits per heavy atom. The first-order valence-corrected chi connectivity index (χ1v) is 5.93. The van der Waals surface area contributed by atoms with E-state index in [4.69, 9.17) is 5.73 Å². The van der Waals surface area contributed by atoms with Crippen molar-refractivity contribution in [3.63, 3.8) is 0 Å². The van der Waals surface area contributed by atoms with E-state index in [2.05, 4.69) is 10.1 Å². The topological polar surface area (TPSA) is 56.7 Å². The van der Waals surface area contributed by atoms with E-state index in [9.17, 15) is 0 Å². The summed E-state index contributed by atoms with van der Waals surface area (Å²) in [4.78, 5) is 4.17. The third-order valence-corrected chi connectivity index (χ3v) is 4.07. The Labute approximate surface area is 89.9 Å². The van der Waals surface area contributed by atoms with Gasteiger partial charge in [0.2, 0.25) is 0 Å². The third-order valence-electron chi connectivity index (χ3n) is 4.07. The summed E-state index contributed by atoms with van der Waals surface area (Å²) in [6, 6.07) is 0. The zero-order chi connectivity index (χ0) is 10.3. The molecule has 4 nitrogen and oxygen atoms in total. The molecule has 3 atom stereocenters. The molecule has 82 valence electrons. The van der Waals surface area contributed by atoms with Gasteiger partial charge in [-0.15, -0.1) is 0 Å². The van der Waals surface area contributed by atoms with Gasteiger partial charge in [0.25, 0.3) is 0 Å². The van der Waals surface area contributed by atoms with Gasteiger partial charge in [-0.1, -0.05) is 6.42 Å². The van der Waals surface area contributed by atoms with Crippen molar-refractivity contribution in [2.24, 2.45) is 23.5 Å². The summed E-state index contributed by atoms with van der Waals surface area (Å²) in [5.74, 6) is 3.58. The van der Waals surface area contributed by atoms with Crippen LogP contribution < -0.4 is 5.73 Å². The largest absolute Gasteiger partial charge is 0.324 e. The Morgan fingerprint density at radius 2 is 2.33 bits per heavy atom. The molecule has 2 fully saturated rings. The van der Waals surface area contributed by atoms with Crippen molar-refractivity contribution in [3.05, 3.63) is 12.2 Å². The molecule has 0 radical (unpaired) electrons. The summed E-state index contributed by atoms with van der Waals surface area (Å²) in [6.07, 6.45) is 7.60. The minimum Gasteiger partial charge on any atom is -0.324 e. The van der Waals surface area contributed by atoms with Crippen LogP contribution in [0, 0.1) is 17.8 Å². The fourth-order valence-electron chi connectivity index (χ4n) is 3.36. The summed E-state index contributed by atoms with van der Waals surface area (Å²) in [5, 5.41) is 4.36. The quantitative estimate of drug-likeness (QED) is 0.807. The van der Waals surface area contributed by atoms with Gasteiger partial charge in [-0.25, -0.2) is 4.98 Å². The van der Waals surface area contributed by atoms with Crippen LogP contribution in [0.25, 0.3) is 0 Å². The van der Waals surface area contributed by atoms with Crippen molar-refractivity contribution in [1.82, 2.24) is 14.8 Å². The van der Waals surface area contributed by atoms with Crippen molar-refractivity contribution in [2.45, 2.75) is 38.8 Å². The zero-order valence-corrected chi connectivity index (χ0v) is 8.97. The van der Waals surface area contributed by atoms with E-state index in [-0.39, 0.29) is 0 Å². The van der Waals surface area contributed by atoms with Gasteiger partial charge in [0, 0.05) is 6.54 Å². The highest BCUT2D eigenvalue weighted by Crippen LogP contribution is 2.48. The summed E-state index contributed by atoms with van der Waals surface area (Å²) >= 11 is 0. The Morgan fingerprint density at radius 1 is 1.40 bits per heavy atom. The van der Waals surface area contributed by atoms with E-state index < -0.39 is 0 Å². The van der Waals surface area contributed by atoms with E-state index in [0.717, 1.165) is 30.1 Å². The van der Waals surface area contributed by atoms with Gasteiger partial charge in [-0.2, -0.15) is 5.10 Å². The Hall–Kier alpha value is -0.900. The second kappa shape index (κ2) is 3.59. The predicted molar refractivity (Wildman–Crippen MR) is 56.9 cm³/mol. The first-order chi connectivity index (χ1) is 7.35. The maximum atomic E-state index is 5.49. The summed E-state index contributed by atoms with van der Waals surface area (Å²) in [5.41, 5.74) is 5.49. The fourth-order valence-corrected chi connectivity index (χ4v) is 3.36. The number of rotatable bonds is 3. The number of hydrogen-bond donors (Lipinski definition) is 1. The second-order valence-electron chi connectivity index (χ2n) is 5.02. The average Bonchev–Trinajstić information content (AvgIpc) is 2.92. The van der Waals surface area contributed by atoms with Crippen LogP contribution in [0.3, 0.4) is 0 Å². The lowest BCUT2D eigenvalue weighted by Crippen LogP contribution is -2.17. The monoisotopic (exact) mass is 206 g/mol. The molecule has 0 saturated heterocycles. The lowest BCUT2D eigenvalue weighted by atomic mass is 9.89. The van der Waals surface area contributed by atoms with E-state index in [1.807, 2.05) is 11.0 Å². The summed E-state index contributed by atoms with van der Waals surface area (Å²) in [7, 11) is 0. The number of fused-ring (bicyclic) bond motifs is 2. The summed E-state index contributed by atoms with van der Waals surface area (Å²) in [6.45, 7) is 1.50. The molecule has 3 unspecified atom stereocenters. The van der Waals surface area contributed by atoms with Gasteiger partial charge in [0.15, 0.2) is 5.82 Å². The molecular formula is C11H18N4. The zero-order valence-electron chi connectivity index (χ0n) is 8.97. The maximum absolute atomic E-state index is 5.49. The number of nitrogens with two attached hydrogens (primary N) is 1. The van der Waals surface area contributed by atoms with Gasteiger partial charge < -0.3 is 5.73 Å². The molecule has 3 rings (SSSR count). The predicted octanol–water partition coefficient (Wildman–Crippen LogP) is 1.17. The van der Waals surface area contributed by atoms with E-state index in [0.29, 0.717) is 6.54 Å². The Bertz CT molecular complexity index is 346. The van der Waals surface area contributed by atoms with Gasteiger partial charge in [0.05, 0.1) is 6.54 Å². The van der Waals surface area contributed by atoms with Crippen molar-refractivity contribution in [3.8, 4) is 0 Å². The van der Waals surface area contributed by atoms with Crippen molar-refractivity contribution in [1.29, 1.82) is 0 Å². The molecule has 2 bridgehead atoms. The van der Waals surface area contributed by atoms with Crippen LogP contribution in [-0.4, -0.2) is 14.8 Å². The molecule has 0 spiro atoms. The SMILES string of the molecule is NCc1ncn(CC2CC3CCC2C3)n1. The van der Waals surface area contributed by atoms with Crippen molar-refractivity contribution >= 4 is 0 Å². The molecule has 2 aliphatic carbocycles. The maximum Gasteiger partial charge on any atom is 0.164 e. The van der Waals surface area contributed by atoms with Gasteiger partial charge in [0.1, 0.15) is 6.33 Å². The molecule has 0 amide bonds. The minimum absolute atomic E-state index is 0.448. The lowest BCUT2D eigenvalue weighted by Gasteiger charge is -2.20. The van der Waals surface area contributed by atoms with E-state index in [1.54, 1.807) is 0 Å². The molecule has 0 aromatic carbocycles. The van der Waals surface area contributed by atoms with Crippen molar-refractivity contribution in [2.75, 3.05) is 0 Å². The van der Waals surface area contributed by atoms with Crippen LogP contribution in [0.1, 0.15) is 31.5 Å². The lowest BCUT2D eigenvalue weighted by molar-refractivity contribution is 0.285. The highest BCUT2D eigenvalue weighted by Gasteiger charge is 2.39. The standard InChI is InChI=1S/C11H18N4/c12-5-11-13-7-15(14-11)6-10-4-8-1-2-9(10)3-8/h7-10H,1-6,12H2. The minimum atomic E-state index is 0.448. The van der Waals surface area contributed by atoms with Crippen LogP contribution in [0.5, 0.6) is 0 Å². The molecule has 1 aromatic rings. The van der Waals surface area contributed by atoms with Crippen LogP contribution in [-0.2, 0) is 13.1 Å². The molecule has 15 heavy (non-hydrogen) atoms. The number of nitrogens with zero attached hydrogens (tertiary/aromatic N) is 3. The van der Waals surface area contributed by atoms with Gasteiger partial charge in [-0.3, -0.25) is 4.68 Å². The highest BCUT2D eigenvalue weighted by molar-refractivity contribution is 4.90. The van der Waals surface area contributed by atoms with Crippen LogP contribution in [0.2, 0.25) is 0 Å².